The van der Waals surface area contributed by atoms with E-state index in [2.05, 4.69) is 15.9 Å². The molecule has 0 aliphatic heterocycles. The molecule has 21 heavy (non-hydrogen) atoms. The van der Waals surface area contributed by atoms with Crippen LogP contribution in [0.4, 0.5) is 0 Å². The molecule has 0 heterocycles. The lowest BCUT2D eigenvalue weighted by Crippen LogP contribution is -2.25. The highest BCUT2D eigenvalue weighted by Crippen LogP contribution is 2.21. The fourth-order valence-corrected chi connectivity index (χ4v) is 1.94. The molecule has 0 radical (unpaired) electrons. The van der Waals surface area contributed by atoms with Gasteiger partial charge in [-0.25, -0.2) is 9.59 Å². The molecule has 0 spiro atoms. The van der Waals surface area contributed by atoms with Crippen LogP contribution in [0.25, 0.3) is 0 Å². The highest BCUT2D eigenvalue weighted by atomic mass is 79.9. The van der Waals surface area contributed by atoms with Gasteiger partial charge in [0.1, 0.15) is 5.60 Å². The zero-order chi connectivity index (χ0) is 16.0. The summed E-state index contributed by atoms with van der Waals surface area (Å²) in [7, 11) is 0. The summed E-state index contributed by atoms with van der Waals surface area (Å²) in [5.74, 6) is -1.04. The normalized spacial score (nSPS) is 11.1. The maximum atomic E-state index is 12.2. The fraction of sp³-hybridized carbons (Fsp3) is 0.500. The summed E-state index contributed by atoms with van der Waals surface area (Å²) < 4.78 is 11.2. The number of halogens is 1. The molecule has 0 aliphatic carbocycles. The van der Waals surface area contributed by atoms with Crippen molar-refractivity contribution < 1.29 is 19.1 Å². The molecular formula is C16H21BrO4. The highest BCUT2D eigenvalue weighted by Gasteiger charge is 2.24. The predicted molar refractivity (Wildman–Crippen MR) is 84.5 cm³/mol. The molecule has 0 saturated carbocycles. The van der Waals surface area contributed by atoms with E-state index in [9.17, 15) is 9.59 Å². The van der Waals surface area contributed by atoms with Gasteiger partial charge < -0.3 is 9.47 Å². The van der Waals surface area contributed by atoms with Crippen molar-refractivity contribution in [2.24, 2.45) is 0 Å². The zero-order valence-corrected chi connectivity index (χ0v) is 14.5. The number of hydrogen-bond acceptors (Lipinski definition) is 4. The Morgan fingerprint density at radius 1 is 1.14 bits per heavy atom. The average molecular weight is 357 g/mol. The maximum Gasteiger partial charge on any atom is 0.339 e. The van der Waals surface area contributed by atoms with Gasteiger partial charge in [-0.05, 0) is 45.4 Å². The van der Waals surface area contributed by atoms with Gasteiger partial charge in [0.05, 0.1) is 17.7 Å². The lowest BCUT2D eigenvalue weighted by Gasteiger charge is -2.20. The Balaban J connectivity index is 2.99. The quantitative estimate of drug-likeness (QED) is 0.580. The van der Waals surface area contributed by atoms with Crippen molar-refractivity contribution >= 4 is 27.9 Å². The maximum absolute atomic E-state index is 12.2. The molecule has 0 bridgehead atoms. The van der Waals surface area contributed by atoms with E-state index in [1.54, 1.807) is 39.0 Å². The third-order valence-corrected chi connectivity index (χ3v) is 3.04. The number of esters is 2. The van der Waals surface area contributed by atoms with Gasteiger partial charge in [-0.3, -0.25) is 0 Å². The monoisotopic (exact) mass is 356 g/mol. The average Bonchev–Trinajstić information content (AvgIpc) is 2.36. The van der Waals surface area contributed by atoms with Crippen molar-refractivity contribution in [1.29, 1.82) is 0 Å². The molecule has 0 aromatic heterocycles. The second-order valence-electron chi connectivity index (χ2n) is 5.68. The Morgan fingerprint density at radius 3 is 2.38 bits per heavy atom. The summed E-state index contributed by atoms with van der Waals surface area (Å²) in [6.07, 6.45) is 1.73. The van der Waals surface area contributed by atoms with Crippen LogP contribution in [-0.4, -0.2) is 24.1 Å². The molecule has 0 N–H and O–H groups in total. The first kappa shape index (κ1) is 17.7. The highest BCUT2D eigenvalue weighted by molar-refractivity contribution is 9.10. The van der Waals surface area contributed by atoms with E-state index in [-0.39, 0.29) is 11.1 Å². The molecule has 116 valence electrons. The number of carbonyl (C=O) groups excluding carboxylic acids is 2. The van der Waals surface area contributed by atoms with Gasteiger partial charge in [-0.15, -0.1) is 0 Å². The number of carbonyl (C=O) groups is 2. The van der Waals surface area contributed by atoms with E-state index in [0.29, 0.717) is 11.1 Å². The van der Waals surface area contributed by atoms with Gasteiger partial charge in [0, 0.05) is 4.47 Å². The minimum atomic E-state index is -0.622. The SMILES string of the molecule is CCCCOC(=O)c1ccc(Br)cc1C(=O)OC(C)(C)C. The Kier molecular flexibility index (Phi) is 6.40. The van der Waals surface area contributed by atoms with Crippen LogP contribution in [0.15, 0.2) is 22.7 Å². The number of hydrogen-bond donors (Lipinski definition) is 0. The second kappa shape index (κ2) is 7.59. The first-order valence-corrected chi connectivity index (χ1v) is 7.74. The van der Waals surface area contributed by atoms with Gasteiger partial charge in [0.25, 0.3) is 0 Å². The minimum absolute atomic E-state index is 0.209. The van der Waals surface area contributed by atoms with Gasteiger partial charge in [0.15, 0.2) is 0 Å². The van der Waals surface area contributed by atoms with Crippen molar-refractivity contribution in [1.82, 2.24) is 0 Å². The van der Waals surface area contributed by atoms with Crippen LogP contribution >= 0.6 is 15.9 Å². The van der Waals surface area contributed by atoms with Crippen molar-refractivity contribution in [3.63, 3.8) is 0 Å². The molecule has 0 atom stereocenters. The van der Waals surface area contributed by atoms with Crippen LogP contribution in [0.5, 0.6) is 0 Å². The van der Waals surface area contributed by atoms with Crippen LogP contribution in [0.2, 0.25) is 0 Å². The molecule has 0 unspecified atom stereocenters. The van der Waals surface area contributed by atoms with E-state index in [1.165, 1.54) is 0 Å². The van der Waals surface area contributed by atoms with E-state index < -0.39 is 17.5 Å². The van der Waals surface area contributed by atoms with Crippen LogP contribution < -0.4 is 0 Å². The molecule has 0 amide bonds. The third-order valence-electron chi connectivity index (χ3n) is 2.55. The summed E-state index contributed by atoms with van der Waals surface area (Å²) in [5, 5.41) is 0. The van der Waals surface area contributed by atoms with Gasteiger partial charge in [-0.2, -0.15) is 0 Å². The Bertz CT molecular complexity index is 517. The topological polar surface area (TPSA) is 52.6 Å². The smallest absolute Gasteiger partial charge is 0.339 e. The Morgan fingerprint density at radius 2 is 1.81 bits per heavy atom. The number of rotatable bonds is 5. The lowest BCUT2D eigenvalue weighted by atomic mass is 10.1. The Labute approximate surface area is 133 Å². The molecule has 4 nitrogen and oxygen atoms in total. The van der Waals surface area contributed by atoms with Crippen LogP contribution in [-0.2, 0) is 9.47 Å². The lowest BCUT2D eigenvalue weighted by molar-refractivity contribution is 0.00640. The van der Waals surface area contributed by atoms with Crippen molar-refractivity contribution in [3.8, 4) is 0 Å². The first-order chi connectivity index (χ1) is 9.74. The number of ether oxygens (including phenoxy) is 2. The summed E-state index contributed by atoms with van der Waals surface area (Å²) in [6, 6.07) is 4.84. The number of unbranched alkanes of at least 4 members (excludes halogenated alkanes) is 1. The van der Waals surface area contributed by atoms with E-state index in [4.69, 9.17) is 9.47 Å². The molecule has 5 heteroatoms. The van der Waals surface area contributed by atoms with Crippen LogP contribution in [0, 0.1) is 0 Å². The number of benzene rings is 1. The first-order valence-electron chi connectivity index (χ1n) is 6.94. The minimum Gasteiger partial charge on any atom is -0.462 e. The van der Waals surface area contributed by atoms with Gasteiger partial charge >= 0.3 is 11.9 Å². The summed E-state index contributed by atoms with van der Waals surface area (Å²) in [6.45, 7) is 7.70. The largest absolute Gasteiger partial charge is 0.462 e. The van der Waals surface area contributed by atoms with Gasteiger partial charge in [0.2, 0.25) is 0 Å². The molecule has 1 rings (SSSR count). The van der Waals surface area contributed by atoms with E-state index in [0.717, 1.165) is 12.8 Å². The fourth-order valence-electron chi connectivity index (χ4n) is 1.58. The summed E-state index contributed by atoms with van der Waals surface area (Å²) in [5.41, 5.74) is -0.188. The van der Waals surface area contributed by atoms with Crippen molar-refractivity contribution in [2.45, 2.75) is 46.1 Å². The summed E-state index contributed by atoms with van der Waals surface area (Å²) >= 11 is 3.30. The molecular weight excluding hydrogens is 336 g/mol. The summed E-state index contributed by atoms with van der Waals surface area (Å²) in [4.78, 5) is 24.3. The molecule has 1 aromatic rings. The van der Waals surface area contributed by atoms with Crippen molar-refractivity contribution in [2.75, 3.05) is 6.61 Å². The van der Waals surface area contributed by atoms with Crippen molar-refractivity contribution in [3.05, 3.63) is 33.8 Å². The molecule has 0 aliphatic rings. The van der Waals surface area contributed by atoms with E-state index in [1.807, 2.05) is 6.92 Å². The third kappa shape index (κ3) is 5.87. The standard InChI is InChI=1S/C16H21BrO4/c1-5-6-9-20-14(18)12-8-7-11(17)10-13(12)15(19)21-16(2,3)4/h7-8,10H,5-6,9H2,1-4H3. The second-order valence-corrected chi connectivity index (χ2v) is 6.60. The van der Waals surface area contributed by atoms with Crippen LogP contribution in [0.3, 0.4) is 0 Å². The zero-order valence-electron chi connectivity index (χ0n) is 12.9. The Hall–Kier alpha value is -1.36. The van der Waals surface area contributed by atoms with E-state index >= 15 is 0 Å². The van der Waals surface area contributed by atoms with Crippen LogP contribution in [0.1, 0.15) is 61.3 Å². The molecule has 1 aromatic carbocycles. The predicted octanol–water partition coefficient (Wildman–Crippen LogP) is 4.36. The van der Waals surface area contributed by atoms with Gasteiger partial charge in [-0.1, -0.05) is 29.3 Å². The molecule has 0 fully saturated rings. The molecule has 0 saturated heterocycles.